The highest BCUT2D eigenvalue weighted by Crippen LogP contribution is 2.33. The highest BCUT2D eigenvalue weighted by molar-refractivity contribution is 6.30. The first kappa shape index (κ1) is 13.9. The summed E-state index contributed by atoms with van der Waals surface area (Å²) in [4.78, 5) is 27.3. The first-order chi connectivity index (χ1) is 10.1. The fourth-order valence-corrected chi connectivity index (χ4v) is 2.93. The largest absolute Gasteiger partial charge is 0.491 e. The number of hydrogen-bond acceptors (Lipinski definition) is 3. The lowest BCUT2D eigenvalue weighted by atomic mass is 10.1. The van der Waals surface area contributed by atoms with E-state index in [2.05, 4.69) is 4.98 Å². The van der Waals surface area contributed by atoms with Gasteiger partial charge in [-0.15, -0.1) is 0 Å². The van der Waals surface area contributed by atoms with Gasteiger partial charge < -0.3 is 4.74 Å². The zero-order valence-electron chi connectivity index (χ0n) is 11.6. The van der Waals surface area contributed by atoms with Gasteiger partial charge >= 0.3 is 5.69 Å². The molecule has 2 heterocycles. The summed E-state index contributed by atoms with van der Waals surface area (Å²) in [6.45, 7) is 2.23. The number of nitrogens with zero attached hydrogens (tertiary/aromatic N) is 1. The van der Waals surface area contributed by atoms with Gasteiger partial charge in [0.05, 0.1) is 5.56 Å². The first-order valence-electron chi connectivity index (χ1n) is 6.88. The van der Waals surface area contributed by atoms with Crippen LogP contribution in [0, 0.1) is 0 Å². The molecule has 3 rings (SSSR count). The predicted molar refractivity (Wildman–Crippen MR) is 80.4 cm³/mol. The summed E-state index contributed by atoms with van der Waals surface area (Å²) in [7, 11) is 0. The number of aromatic nitrogens is 2. The summed E-state index contributed by atoms with van der Waals surface area (Å²) in [5.74, 6) is 0.709. The Morgan fingerprint density at radius 2 is 2.14 bits per heavy atom. The van der Waals surface area contributed by atoms with E-state index in [0.717, 1.165) is 12.0 Å². The van der Waals surface area contributed by atoms with E-state index < -0.39 is 11.7 Å². The van der Waals surface area contributed by atoms with Crippen molar-refractivity contribution in [2.45, 2.75) is 25.8 Å². The van der Waals surface area contributed by atoms with Crippen molar-refractivity contribution in [2.75, 3.05) is 6.61 Å². The number of benzene rings is 1. The molecular formula is C15H15ClN2O3. The third kappa shape index (κ3) is 2.27. The Morgan fingerprint density at radius 1 is 1.38 bits per heavy atom. The van der Waals surface area contributed by atoms with Crippen molar-refractivity contribution in [3.05, 3.63) is 61.4 Å². The molecule has 0 spiro atoms. The van der Waals surface area contributed by atoms with E-state index in [1.165, 1.54) is 4.57 Å². The molecule has 110 valence electrons. The number of H-pyrrole nitrogens is 1. The number of aromatic amines is 1. The van der Waals surface area contributed by atoms with Gasteiger partial charge in [0.15, 0.2) is 0 Å². The number of para-hydroxylation sites is 1. The third-order valence-corrected chi connectivity index (χ3v) is 3.99. The van der Waals surface area contributed by atoms with Crippen molar-refractivity contribution in [1.82, 2.24) is 9.55 Å². The molecule has 0 aliphatic carbocycles. The van der Waals surface area contributed by atoms with E-state index >= 15 is 0 Å². The molecule has 1 N–H and O–H groups in total. The molecule has 2 aromatic rings. The molecule has 0 bridgehead atoms. The lowest BCUT2D eigenvalue weighted by molar-refractivity contribution is 0.310. The molecule has 6 heteroatoms. The molecule has 0 saturated carbocycles. The minimum absolute atomic E-state index is 0.135. The average Bonchev–Trinajstić information content (AvgIpc) is 2.87. The molecule has 21 heavy (non-hydrogen) atoms. The second-order valence-electron chi connectivity index (χ2n) is 5.01. The van der Waals surface area contributed by atoms with Crippen LogP contribution < -0.4 is 16.0 Å². The molecule has 0 fully saturated rings. The fourth-order valence-electron chi connectivity index (χ4n) is 2.67. The Kier molecular flexibility index (Phi) is 3.59. The van der Waals surface area contributed by atoms with E-state index in [4.69, 9.17) is 16.3 Å². The van der Waals surface area contributed by atoms with E-state index in [-0.39, 0.29) is 17.3 Å². The highest BCUT2D eigenvalue weighted by atomic mass is 35.5. The summed E-state index contributed by atoms with van der Waals surface area (Å²) in [6, 6.07) is 7.01. The van der Waals surface area contributed by atoms with Crippen LogP contribution in [0.1, 0.15) is 30.5 Å². The van der Waals surface area contributed by atoms with Crippen molar-refractivity contribution in [3.8, 4) is 5.75 Å². The van der Waals surface area contributed by atoms with Crippen LogP contribution in [0.3, 0.4) is 0 Å². The van der Waals surface area contributed by atoms with Crippen molar-refractivity contribution >= 4 is 11.6 Å². The van der Waals surface area contributed by atoms with Gasteiger partial charge in [0.1, 0.15) is 23.6 Å². The summed E-state index contributed by atoms with van der Waals surface area (Å²) < 4.78 is 6.77. The van der Waals surface area contributed by atoms with Gasteiger partial charge in [0, 0.05) is 5.56 Å². The molecule has 5 nitrogen and oxygen atoms in total. The molecule has 0 saturated heterocycles. The molecule has 1 aromatic carbocycles. The topological polar surface area (TPSA) is 64.1 Å². The monoisotopic (exact) mass is 306 g/mol. The van der Waals surface area contributed by atoms with Crippen LogP contribution in [0.5, 0.6) is 5.75 Å². The maximum absolute atomic E-state index is 12.6. The molecule has 1 aliphatic rings. The Labute approximate surface area is 126 Å². The summed E-state index contributed by atoms with van der Waals surface area (Å²) in [5, 5.41) is 0.135. The lowest BCUT2D eigenvalue weighted by Crippen LogP contribution is -2.41. The van der Waals surface area contributed by atoms with Gasteiger partial charge in [-0.3, -0.25) is 9.78 Å². The van der Waals surface area contributed by atoms with Crippen LogP contribution in [-0.2, 0) is 6.42 Å². The molecule has 1 atom stereocenters. The summed E-state index contributed by atoms with van der Waals surface area (Å²) in [6.07, 6.45) is 1.31. The van der Waals surface area contributed by atoms with Gasteiger partial charge in [-0.25, -0.2) is 9.36 Å². The quantitative estimate of drug-likeness (QED) is 0.884. The standard InChI is InChI=1S/C15H15ClN2O3/c1-2-5-10-13(16)17-15(20)18(14(10)19)11-8-21-12-7-4-3-6-9(11)12/h3-4,6-7,11H,2,5,8H2,1H3,(H,17,20). The van der Waals surface area contributed by atoms with Crippen LogP contribution in [-0.4, -0.2) is 16.2 Å². The van der Waals surface area contributed by atoms with Gasteiger partial charge in [0.2, 0.25) is 0 Å². The van der Waals surface area contributed by atoms with E-state index in [0.29, 0.717) is 17.7 Å². The number of hydrogen-bond donors (Lipinski definition) is 1. The smallest absolute Gasteiger partial charge is 0.330 e. The number of fused-ring (bicyclic) bond motifs is 1. The molecule has 1 aromatic heterocycles. The maximum atomic E-state index is 12.6. The molecule has 1 aliphatic heterocycles. The van der Waals surface area contributed by atoms with Crippen molar-refractivity contribution < 1.29 is 4.74 Å². The minimum Gasteiger partial charge on any atom is -0.491 e. The fraction of sp³-hybridized carbons (Fsp3) is 0.333. The molecular weight excluding hydrogens is 292 g/mol. The Balaban J connectivity index is 2.19. The maximum Gasteiger partial charge on any atom is 0.330 e. The molecule has 0 amide bonds. The summed E-state index contributed by atoms with van der Waals surface area (Å²) in [5.41, 5.74) is 0.448. The van der Waals surface area contributed by atoms with Crippen LogP contribution in [0.2, 0.25) is 5.15 Å². The number of rotatable bonds is 3. The number of nitrogens with one attached hydrogen (secondary N) is 1. The highest BCUT2D eigenvalue weighted by Gasteiger charge is 2.28. The van der Waals surface area contributed by atoms with Gasteiger partial charge in [-0.1, -0.05) is 43.1 Å². The average molecular weight is 307 g/mol. The predicted octanol–water partition coefficient (Wildman–Crippen LogP) is 2.12. The van der Waals surface area contributed by atoms with Crippen LogP contribution in [0.15, 0.2) is 33.9 Å². The second kappa shape index (κ2) is 5.41. The zero-order valence-corrected chi connectivity index (χ0v) is 12.3. The third-order valence-electron chi connectivity index (χ3n) is 3.66. The molecule has 1 unspecified atom stereocenters. The minimum atomic E-state index is -0.504. The van der Waals surface area contributed by atoms with Crippen LogP contribution in [0.25, 0.3) is 0 Å². The van der Waals surface area contributed by atoms with Crippen molar-refractivity contribution in [1.29, 1.82) is 0 Å². The normalized spacial score (nSPS) is 16.6. The number of ether oxygens (including phenoxy) is 1. The number of halogens is 1. The second-order valence-corrected chi connectivity index (χ2v) is 5.39. The van der Waals surface area contributed by atoms with Gasteiger partial charge in [-0.2, -0.15) is 0 Å². The van der Waals surface area contributed by atoms with E-state index in [1.54, 1.807) is 0 Å². The van der Waals surface area contributed by atoms with Crippen LogP contribution in [0.4, 0.5) is 0 Å². The van der Waals surface area contributed by atoms with E-state index in [1.807, 2.05) is 31.2 Å². The first-order valence-corrected chi connectivity index (χ1v) is 7.26. The van der Waals surface area contributed by atoms with E-state index in [9.17, 15) is 9.59 Å². The Morgan fingerprint density at radius 3 is 2.90 bits per heavy atom. The summed E-state index contributed by atoms with van der Waals surface area (Å²) >= 11 is 5.99. The Bertz CT molecular complexity index is 794. The van der Waals surface area contributed by atoms with Crippen molar-refractivity contribution in [3.63, 3.8) is 0 Å². The lowest BCUT2D eigenvalue weighted by Gasteiger charge is -2.14. The van der Waals surface area contributed by atoms with Crippen LogP contribution >= 0.6 is 11.6 Å². The zero-order chi connectivity index (χ0) is 15.0. The van der Waals surface area contributed by atoms with Gasteiger partial charge in [0.25, 0.3) is 5.56 Å². The Hall–Kier alpha value is -2.01. The SMILES string of the molecule is CCCc1c(Cl)[nH]c(=O)n(C2COc3ccccc32)c1=O. The van der Waals surface area contributed by atoms with Gasteiger partial charge in [-0.05, 0) is 12.5 Å². The van der Waals surface area contributed by atoms with Crippen molar-refractivity contribution in [2.24, 2.45) is 0 Å². The molecule has 0 radical (unpaired) electrons.